The molecule has 154 valence electrons. The Morgan fingerprint density at radius 1 is 1.10 bits per heavy atom. The summed E-state index contributed by atoms with van der Waals surface area (Å²) in [5.74, 6) is -0.430. The number of carbonyl (C=O) groups is 2. The molecule has 0 saturated carbocycles. The Morgan fingerprint density at radius 2 is 1.79 bits per heavy atom. The molecule has 3 heterocycles. The smallest absolute Gasteiger partial charge is 0.410 e. The average Bonchev–Trinajstić information content (AvgIpc) is 2.97. The number of ether oxygens (including phenoxy) is 2. The van der Waals surface area contributed by atoms with Gasteiger partial charge in [-0.2, -0.15) is 0 Å². The van der Waals surface area contributed by atoms with Crippen LogP contribution in [-0.4, -0.2) is 58.7 Å². The van der Waals surface area contributed by atoms with E-state index in [0.717, 1.165) is 5.56 Å². The second-order valence-corrected chi connectivity index (χ2v) is 8.78. The lowest BCUT2D eigenvalue weighted by atomic mass is 9.89. The van der Waals surface area contributed by atoms with Crippen molar-refractivity contribution in [1.29, 1.82) is 0 Å². The number of nitrogens with zero attached hydrogens (tertiary/aromatic N) is 2. The second-order valence-electron chi connectivity index (χ2n) is 8.78. The number of carbonyl (C=O) groups excluding carboxylic acids is 2. The van der Waals surface area contributed by atoms with Gasteiger partial charge in [0.1, 0.15) is 5.60 Å². The fourth-order valence-corrected chi connectivity index (χ4v) is 4.24. The Hall–Kier alpha value is -2.60. The van der Waals surface area contributed by atoms with Crippen molar-refractivity contribution in [3.8, 4) is 0 Å². The molecule has 6 nitrogen and oxygen atoms in total. The molecule has 29 heavy (non-hydrogen) atoms. The molecule has 0 aliphatic carbocycles. The van der Waals surface area contributed by atoms with Crippen molar-refractivity contribution in [3.63, 3.8) is 0 Å². The maximum Gasteiger partial charge on any atom is 0.410 e. The van der Waals surface area contributed by atoms with Gasteiger partial charge in [0.25, 0.3) is 0 Å². The highest BCUT2D eigenvalue weighted by Gasteiger charge is 2.53. The highest BCUT2D eigenvalue weighted by Crippen LogP contribution is 2.38. The summed E-state index contributed by atoms with van der Waals surface area (Å²) >= 11 is 0. The molecule has 0 unspecified atom stereocenters. The normalized spacial score (nSPS) is 28.7. The number of hydrogen-bond donors (Lipinski definition) is 0. The van der Waals surface area contributed by atoms with Gasteiger partial charge in [0.15, 0.2) is 0 Å². The van der Waals surface area contributed by atoms with Crippen LogP contribution in [-0.2, 0) is 20.8 Å². The molecular formula is C23H28N2O4. The standard InChI is InChI=1S/C23H28N2O4/c1-23(2,3)29-22(27)25-14-8-12-18-20(25)19-17(28-18)11-7-13-24(21(19)26)15-16-9-5-4-6-10-16/h4-12,17-20H,13-15H2,1-3H3/t17-,18+,19+,20+/m0/s1. The molecule has 1 aromatic rings. The summed E-state index contributed by atoms with van der Waals surface area (Å²) in [5.41, 5.74) is 0.481. The van der Waals surface area contributed by atoms with Crippen LogP contribution in [0.15, 0.2) is 54.6 Å². The Bertz CT molecular complexity index is 827. The van der Waals surface area contributed by atoms with Crippen LogP contribution in [0.1, 0.15) is 26.3 Å². The van der Waals surface area contributed by atoms with Crippen molar-refractivity contribution in [2.24, 2.45) is 5.92 Å². The molecule has 0 spiro atoms. The van der Waals surface area contributed by atoms with Crippen LogP contribution in [0.3, 0.4) is 0 Å². The lowest BCUT2D eigenvalue weighted by Crippen LogP contribution is -2.54. The summed E-state index contributed by atoms with van der Waals surface area (Å²) in [6, 6.07) is 9.58. The molecular weight excluding hydrogens is 368 g/mol. The monoisotopic (exact) mass is 396 g/mol. The summed E-state index contributed by atoms with van der Waals surface area (Å²) in [4.78, 5) is 29.9. The average molecular weight is 396 g/mol. The van der Waals surface area contributed by atoms with Crippen molar-refractivity contribution in [2.75, 3.05) is 13.1 Å². The zero-order valence-corrected chi connectivity index (χ0v) is 17.2. The van der Waals surface area contributed by atoms with Crippen molar-refractivity contribution >= 4 is 12.0 Å². The first-order chi connectivity index (χ1) is 13.8. The van der Waals surface area contributed by atoms with E-state index in [1.54, 1.807) is 4.90 Å². The van der Waals surface area contributed by atoms with Crippen molar-refractivity contribution in [2.45, 2.75) is 51.2 Å². The molecule has 1 saturated heterocycles. The Balaban J connectivity index is 1.60. The number of fused-ring (bicyclic) bond motifs is 3. The van der Waals surface area contributed by atoms with Gasteiger partial charge in [0.2, 0.25) is 5.91 Å². The summed E-state index contributed by atoms with van der Waals surface area (Å²) in [7, 11) is 0. The third-order valence-corrected chi connectivity index (χ3v) is 5.45. The quantitative estimate of drug-likeness (QED) is 0.721. The van der Waals surface area contributed by atoms with Gasteiger partial charge in [0, 0.05) is 19.6 Å². The largest absolute Gasteiger partial charge is 0.444 e. The highest BCUT2D eigenvalue weighted by molar-refractivity contribution is 5.83. The van der Waals surface area contributed by atoms with Crippen LogP contribution in [0.25, 0.3) is 0 Å². The van der Waals surface area contributed by atoms with E-state index in [1.807, 2.05) is 80.3 Å². The first kappa shape index (κ1) is 19.7. The van der Waals surface area contributed by atoms with Crippen molar-refractivity contribution in [3.05, 3.63) is 60.2 Å². The first-order valence-corrected chi connectivity index (χ1v) is 10.1. The number of rotatable bonds is 2. The minimum atomic E-state index is -0.598. The SMILES string of the molecule is CC(C)(C)OC(=O)N1CC=C[C@H]2O[C@H]3C=CCN(Cc4ccccc4)C(=O)[C@H]3[C@@H]21. The van der Waals surface area contributed by atoms with E-state index in [9.17, 15) is 9.59 Å². The van der Waals surface area contributed by atoms with E-state index in [4.69, 9.17) is 9.47 Å². The summed E-state index contributed by atoms with van der Waals surface area (Å²) < 4.78 is 11.8. The van der Waals surface area contributed by atoms with E-state index in [-0.39, 0.29) is 24.2 Å². The van der Waals surface area contributed by atoms with E-state index >= 15 is 0 Å². The van der Waals surface area contributed by atoms with Gasteiger partial charge in [-0.15, -0.1) is 0 Å². The molecule has 3 aliphatic rings. The van der Waals surface area contributed by atoms with Crippen LogP contribution >= 0.6 is 0 Å². The summed E-state index contributed by atoms with van der Waals surface area (Å²) in [6.45, 7) is 7.01. The molecule has 0 aromatic heterocycles. The van der Waals surface area contributed by atoms with Gasteiger partial charge < -0.3 is 14.4 Å². The molecule has 4 rings (SSSR count). The second kappa shape index (κ2) is 7.67. The van der Waals surface area contributed by atoms with Gasteiger partial charge in [-0.25, -0.2) is 4.79 Å². The lowest BCUT2D eigenvalue weighted by molar-refractivity contribution is -0.137. The van der Waals surface area contributed by atoms with E-state index in [2.05, 4.69) is 0 Å². The van der Waals surface area contributed by atoms with Gasteiger partial charge in [-0.05, 0) is 26.3 Å². The number of benzene rings is 1. The minimum Gasteiger partial charge on any atom is -0.444 e. The zero-order valence-electron chi connectivity index (χ0n) is 17.2. The third-order valence-electron chi connectivity index (χ3n) is 5.45. The molecule has 0 radical (unpaired) electrons. The van der Waals surface area contributed by atoms with Crippen molar-refractivity contribution in [1.82, 2.24) is 9.80 Å². The Labute approximate surface area is 171 Å². The van der Waals surface area contributed by atoms with Crippen LogP contribution in [0, 0.1) is 5.92 Å². The number of amides is 2. The molecule has 1 fully saturated rings. The Kier molecular flexibility index (Phi) is 5.21. The van der Waals surface area contributed by atoms with Gasteiger partial charge >= 0.3 is 6.09 Å². The number of hydrogen-bond acceptors (Lipinski definition) is 4. The maximum atomic E-state index is 13.5. The van der Waals surface area contributed by atoms with Gasteiger partial charge in [-0.1, -0.05) is 54.6 Å². The topological polar surface area (TPSA) is 59.1 Å². The molecule has 0 N–H and O–H groups in total. The van der Waals surface area contributed by atoms with Gasteiger partial charge in [-0.3, -0.25) is 9.69 Å². The summed E-state index contributed by atoms with van der Waals surface area (Å²) in [6.07, 6.45) is 6.77. The van der Waals surface area contributed by atoms with Crippen LogP contribution in [0.5, 0.6) is 0 Å². The first-order valence-electron chi connectivity index (χ1n) is 10.1. The molecule has 1 aromatic carbocycles. The van der Waals surface area contributed by atoms with Crippen molar-refractivity contribution < 1.29 is 19.1 Å². The van der Waals surface area contributed by atoms with E-state index in [1.165, 1.54) is 0 Å². The predicted molar refractivity (Wildman–Crippen MR) is 109 cm³/mol. The third kappa shape index (κ3) is 4.08. The summed E-state index contributed by atoms with van der Waals surface area (Å²) in [5, 5.41) is 0. The molecule has 0 bridgehead atoms. The Morgan fingerprint density at radius 3 is 2.52 bits per heavy atom. The van der Waals surface area contributed by atoms with Crippen LogP contribution < -0.4 is 0 Å². The molecule has 3 aliphatic heterocycles. The van der Waals surface area contributed by atoms with Gasteiger partial charge in [0.05, 0.1) is 24.2 Å². The predicted octanol–water partition coefficient (Wildman–Crippen LogP) is 3.14. The van der Waals surface area contributed by atoms with Crippen LogP contribution in [0.4, 0.5) is 4.79 Å². The lowest BCUT2D eigenvalue weighted by Gasteiger charge is -2.37. The zero-order chi connectivity index (χ0) is 20.6. The van der Waals surface area contributed by atoms with E-state index in [0.29, 0.717) is 19.6 Å². The fourth-order valence-electron chi connectivity index (χ4n) is 4.24. The molecule has 2 amide bonds. The van der Waals surface area contributed by atoms with E-state index < -0.39 is 17.6 Å². The highest BCUT2D eigenvalue weighted by atomic mass is 16.6. The minimum absolute atomic E-state index is 0.0141. The fraction of sp³-hybridized carbons (Fsp3) is 0.478. The van der Waals surface area contributed by atoms with Crippen LogP contribution in [0.2, 0.25) is 0 Å². The molecule has 4 atom stereocenters. The molecule has 6 heteroatoms. The maximum absolute atomic E-state index is 13.5.